The van der Waals surface area contributed by atoms with Gasteiger partial charge in [-0.3, -0.25) is 0 Å². The zero-order valence-electron chi connectivity index (χ0n) is 18.4. The van der Waals surface area contributed by atoms with E-state index in [1.54, 1.807) is 11.1 Å². The molecule has 0 heterocycles. The van der Waals surface area contributed by atoms with Crippen LogP contribution in [0.25, 0.3) is 11.6 Å². The van der Waals surface area contributed by atoms with Gasteiger partial charge in [0.05, 0.1) is 0 Å². The summed E-state index contributed by atoms with van der Waals surface area (Å²) >= 11 is 0. The standard InChI is InChI=1S/C28H34/c1-7-20-13-14-23-22(15-20)16-24-26(23)25(18(3)4)17-28(8-2,19(5)6)27(24)21-11-9-10-12-21/h9-11,13-19H,7-8,12H2,1-6H3. The van der Waals surface area contributed by atoms with Crippen molar-refractivity contribution in [2.24, 2.45) is 17.3 Å². The van der Waals surface area contributed by atoms with Crippen LogP contribution < -0.4 is 10.4 Å². The van der Waals surface area contributed by atoms with Gasteiger partial charge in [-0.05, 0) is 81.0 Å². The zero-order chi connectivity index (χ0) is 20.1. The lowest BCUT2D eigenvalue weighted by Gasteiger charge is -2.43. The third kappa shape index (κ3) is 2.72. The van der Waals surface area contributed by atoms with Crippen molar-refractivity contribution in [1.82, 2.24) is 0 Å². The van der Waals surface area contributed by atoms with E-state index in [2.05, 4.69) is 90.1 Å². The number of hydrogen-bond acceptors (Lipinski definition) is 0. The highest BCUT2D eigenvalue weighted by Crippen LogP contribution is 2.54. The number of hydrogen-bond donors (Lipinski definition) is 0. The Labute approximate surface area is 170 Å². The molecular weight excluding hydrogens is 336 g/mol. The third-order valence-corrected chi connectivity index (χ3v) is 7.13. The molecule has 28 heavy (non-hydrogen) atoms. The van der Waals surface area contributed by atoms with Gasteiger partial charge in [0.1, 0.15) is 0 Å². The number of benzene rings is 1. The normalized spacial score (nSPS) is 23.2. The lowest BCUT2D eigenvalue weighted by atomic mass is 9.60. The maximum absolute atomic E-state index is 2.66. The van der Waals surface area contributed by atoms with Crippen LogP contribution in [-0.4, -0.2) is 0 Å². The zero-order valence-corrected chi connectivity index (χ0v) is 18.4. The maximum Gasteiger partial charge on any atom is 0.0167 e. The summed E-state index contributed by atoms with van der Waals surface area (Å²) in [6, 6.07) is 7.10. The van der Waals surface area contributed by atoms with Crippen LogP contribution in [0, 0.1) is 17.3 Å². The minimum Gasteiger partial charge on any atom is -0.0801 e. The molecule has 1 aromatic carbocycles. The molecule has 3 aliphatic carbocycles. The molecule has 0 N–H and O–H groups in total. The molecule has 0 nitrogen and oxygen atoms in total. The summed E-state index contributed by atoms with van der Waals surface area (Å²) in [5, 5.41) is 2.85. The monoisotopic (exact) mass is 370 g/mol. The second-order valence-corrected chi connectivity index (χ2v) is 9.21. The maximum atomic E-state index is 2.66. The van der Waals surface area contributed by atoms with Crippen molar-refractivity contribution in [3.8, 4) is 0 Å². The Balaban J connectivity index is 2.12. The van der Waals surface area contributed by atoms with Crippen molar-refractivity contribution < 1.29 is 0 Å². The number of rotatable bonds is 5. The average Bonchev–Trinajstić information content (AvgIpc) is 3.33. The third-order valence-electron chi connectivity index (χ3n) is 7.13. The molecule has 0 fully saturated rings. The van der Waals surface area contributed by atoms with E-state index < -0.39 is 0 Å². The van der Waals surface area contributed by atoms with Crippen molar-refractivity contribution >= 4 is 11.6 Å². The number of fused-ring (bicyclic) bond motifs is 2. The highest BCUT2D eigenvalue weighted by molar-refractivity contribution is 5.95. The van der Waals surface area contributed by atoms with Gasteiger partial charge >= 0.3 is 0 Å². The van der Waals surface area contributed by atoms with Gasteiger partial charge in [0.15, 0.2) is 0 Å². The van der Waals surface area contributed by atoms with Crippen LogP contribution in [0.2, 0.25) is 0 Å². The van der Waals surface area contributed by atoms with E-state index in [-0.39, 0.29) is 5.41 Å². The lowest BCUT2D eigenvalue weighted by Crippen LogP contribution is -2.33. The molecule has 1 unspecified atom stereocenters. The summed E-state index contributed by atoms with van der Waals surface area (Å²) in [7, 11) is 0. The SMILES string of the molecule is CCc1ccc2c(c1)=CC1=C(C3=CC=CC3)C(CC)(C(C)C)C=C(C(C)C)C=21. The van der Waals surface area contributed by atoms with Gasteiger partial charge in [-0.1, -0.05) is 84.0 Å². The summed E-state index contributed by atoms with van der Waals surface area (Å²) in [4.78, 5) is 0. The average molecular weight is 371 g/mol. The topological polar surface area (TPSA) is 0 Å². The van der Waals surface area contributed by atoms with E-state index >= 15 is 0 Å². The molecule has 0 aromatic heterocycles. The molecule has 0 amide bonds. The molecule has 1 atom stereocenters. The molecule has 0 radical (unpaired) electrons. The second-order valence-electron chi connectivity index (χ2n) is 9.21. The minimum absolute atomic E-state index is 0.114. The van der Waals surface area contributed by atoms with Crippen LogP contribution in [0.4, 0.5) is 0 Å². The molecule has 0 bridgehead atoms. The van der Waals surface area contributed by atoms with Crippen molar-refractivity contribution in [1.29, 1.82) is 0 Å². The van der Waals surface area contributed by atoms with E-state index in [9.17, 15) is 0 Å². The fraction of sp³-hybridized carbons (Fsp3) is 0.429. The van der Waals surface area contributed by atoms with Gasteiger partial charge in [0.2, 0.25) is 0 Å². The number of allylic oxidation sites excluding steroid dienone is 8. The smallest absolute Gasteiger partial charge is 0.0167 e. The highest BCUT2D eigenvalue weighted by atomic mass is 14.5. The molecule has 0 aliphatic heterocycles. The largest absolute Gasteiger partial charge is 0.0801 e. The van der Waals surface area contributed by atoms with Crippen molar-refractivity contribution in [2.45, 2.75) is 60.8 Å². The van der Waals surface area contributed by atoms with Crippen molar-refractivity contribution in [2.75, 3.05) is 0 Å². The molecule has 4 rings (SSSR count). The van der Waals surface area contributed by atoms with Gasteiger partial charge in [0.25, 0.3) is 0 Å². The van der Waals surface area contributed by atoms with Gasteiger partial charge in [-0.2, -0.15) is 0 Å². The van der Waals surface area contributed by atoms with E-state index in [0.717, 1.165) is 19.3 Å². The first-order chi connectivity index (χ1) is 13.4. The fourth-order valence-corrected chi connectivity index (χ4v) is 5.43. The Morgan fingerprint density at radius 1 is 1.07 bits per heavy atom. The summed E-state index contributed by atoms with van der Waals surface area (Å²) in [5.41, 5.74) is 9.19. The minimum atomic E-state index is 0.114. The van der Waals surface area contributed by atoms with Gasteiger partial charge < -0.3 is 0 Å². The summed E-state index contributed by atoms with van der Waals surface area (Å²) in [6.45, 7) is 14.2. The molecule has 3 aliphatic rings. The van der Waals surface area contributed by atoms with E-state index in [1.807, 2.05) is 0 Å². The number of aryl methyl sites for hydroxylation is 1. The van der Waals surface area contributed by atoms with Gasteiger partial charge in [-0.15, -0.1) is 0 Å². The van der Waals surface area contributed by atoms with Gasteiger partial charge in [-0.25, -0.2) is 0 Å². The Morgan fingerprint density at radius 2 is 1.86 bits per heavy atom. The molecular formula is C28H34. The molecule has 0 saturated heterocycles. The second kappa shape index (κ2) is 7.07. The van der Waals surface area contributed by atoms with E-state index in [1.165, 1.54) is 32.7 Å². The Bertz CT molecular complexity index is 1050. The van der Waals surface area contributed by atoms with Crippen LogP contribution in [0.1, 0.15) is 59.9 Å². The van der Waals surface area contributed by atoms with Crippen LogP contribution in [0.15, 0.2) is 64.8 Å². The van der Waals surface area contributed by atoms with Gasteiger partial charge in [0, 0.05) is 5.41 Å². The highest BCUT2D eigenvalue weighted by Gasteiger charge is 2.42. The van der Waals surface area contributed by atoms with E-state index in [4.69, 9.17) is 0 Å². The van der Waals surface area contributed by atoms with Crippen LogP contribution >= 0.6 is 0 Å². The predicted octanol–water partition coefficient (Wildman–Crippen LogP) is 6.03. The first kappa shape index (κ1) is 19.2. The van der Waals surface area contributed by atoms with Crippen LogP contribution in [0.3, 0.4) is 0 Å². The fourth-order valence-electron chi connectivity index (χ4n) is 5.43. The van der Waals surface area contributed by atoms with Crippen LogP contribution in [0.5, 0.6) is 0 Å². The summed E-state index contributed by atoms with van der Waals surface area (Å²) < 4.78 is 0. The van der Waals surface area contributed by atoms with Crippen LogP contribution in [-0.2, 0) is 6.42 Å². The Kier molecular flexibility index (Phi) is 4.86. The molecule has 146 valence electrons. The Hall–Kier alpha value is -2.08. The first-order valence-corrected chi connectivity index (χ1v) is 11.1. The molecule has 0 saturated carbocycles. The lowest BCUT2D eigenvalue weighted by molar-refractivity contribution is 0.310. The Morgan fingerprint density at radius 3 is 2.43 bits per heavy atom. The quantitative estimate of drug-likeness (QED) is 0.594. The summed E-state index contributed by atoms with van der Waals surface area (Å²) in [6.07, 6.45) is 15.4. The van der Waals surface area contributed by atoms with Crippen molar-refractivity contribution in [3.05, 3.63) is 80.8 Å². The molecule has 1 aromatic rings. The predicted molar refractivity (Wildman–Crippen MR) is 122 cm³/mol. The van der Waals surface area contributed by atoms with E-state index in [0.29, 0.717) is 11.8 Å². The summed E-state index contributed by atoms with van der Waals surface area (Å²) in [5.74, 6) is 1.09. The molecule has 0 spiro atoms. The van der Waals surface area contributed by atoms with Crippen molar-refractivity contribution in [3.63, 3.8) is 0 Å². The first-order valence-electron chi connectivity index (χ1n) is 11.1. The molecule has 0 heteroatoms.